The van der Waals surface area contributed by atoms with Crippen LogP contribution < -0.4 is 10.6 Å². The summed E-state index contributed by atoms with van der Waals surface area (Å²) < 4.78 is 31.1. The van der Waals surface area contributed by atoms with Gasteiger partial charge in [0.15, 0.2) is 0 Å². The molecule has 2 amide bonds. The van der Waals surface area contributed by atoms with E-state index < -0.39 is 27.9 Å². The molecule has 1 heterocycles. The van der Waals surface area contributed by atoms with Crippen molar-refractivity contribution >= 4 is 33.4 Å². The molecule has 1 aromatic carbocycles. The van der Waals surface area contributed by atoms with Crippen molar-refractivity contribution in [1.82, 2.24) is 14.9 Å². The number of rotatable bonds is 8. The summed E-state index contributed by atoms with van der Waals surface area (Å²) in [4.78, 5) is 24.9. The van der Waals surface area contributed by atoms with Crippen LogP contribution in [0.15, 0.2) is 24.3 Å². The molecule has 0 radical (unpaired) electrons. The van der Waals surface area contributed by atoms with E-state index in [-0.39, 0.29) is 18.2 Å². The minimum absolute atomic E-state index is 0.0292. The summed E-state index contributed by atoms with van der Waals surface area (Å²) in [6.45, 7) is 4.96. The number of benzene rings is 1. The van der Waals surface area contributed by atoms with Crippen molar-refractivity contribution in [1.29, 1.82) is 0 Å². The molecule has 1 aliphatic heterocycles. The Bertz CT molecular complexity index is 777. The molecule has 1 atom stereocenters. The van der Waals surface area contributed by atoms with E-state index >= 15 is 0 Å². The Kier molecular flexibility index (Phi) is 8.23. The minimum atomic E-state index is -3.46. The Morgan fingerprint density at radius 3 is 2.36 bits per heavy atom. The predicted octanol–water partition coefficient (Wildman–Crippen LogP) is 0.873. The number of halogens is 1. The number of carbonyl (C=O) groups excluding carboxylic acids is 2. The highest BCUT2D eigenvalue weighted by Gasteiger charge is 2.27. The SMILES string of the molecule is CC(C)C(NC(=O)c1ccc(Cl)cc1)C(=O)NCCS(=O)(=O)N1CCOCC1. The van der Waals surface area contributed by atoms with Gasteiger partial charge in [-0.15, -0.1) is 0 Å². The highest BCUT2D eigenvalue weighted by Crippen LogP contribution is 2.11. The lowest BCUT2D eigenvalue weighted by Gasteiger charge is -2.26. The minimum Gasteiger partial charge on any atom is -0.379 e. The van der Waals surface area contributed by atoms with E-state index in [1.54, 1.807) is 38.1 Å². The number of hydrogen-bond donors (Lipinski definition) is 2. The first kappa shape index (κ1) is 22.6. The van der Waals surface area contributed by atoms with Crippen LogP contribution in [0.1, 0.15) is 24.2 Å². The molecular formula is C18H26ClN3O5S. The van der Waals surface area contributed by atoms with Crippen molar-refractivity contribution in [3.05, 3.63) is 34.9 Å². The fourth-order valence-electron chi connectivity index (χ4n) is 2.73. The zero-order chi connectivity index (χ0) is 20.7. The van der Waals surface area contributed by atoms with Gasteiger partial charge < -0.3 is 15.4 Å². The van der Waals surface area contributed by atoms with Crippen molar-refractivity contribution in [2.24, 2.45) is 5.92 Å². The summed E-state index contributed by atoms with van der Waals surface area (Å²) >= 11 is 5.82. The zero-order valence-corrected chi connectivity index (χ0v) is 17.6. The average Bonchev–Trinajstić information content (AvgIpc) is 2.66. The van der Waals surface area contributed by atoms with Crippen molar-refractivity contribution in [2.75, 3.05) is 38.6 Å². The molecule has 0 aliphatic carbocycles. The van der Waals surface area contributed by atoms with E-state index in [9.17, 15) is 18.0 Å². The standard InChI is InChI=1S/C18H26ClN3O5S/c1-13(2)16(21-17(23)14-3-5-15(19)6-4-14)18(24)20-7-12-28(25,26)22-8-10-27-11-9-22/h3-6,13,16H,7-12H2,1-2H3,(H,20,24)(H,21,23). The summed E-state index contributed by atoms with van der Waals surface area (Å²) in [5, 5.41) is 5.82. The van der Waals surface area contributed by atoms with Crippen LogP contribution in [0, 0.1) is 5.92 Å². The Morgan fingerprint density at radius 2 is 1.79 bits per heavy atom. The summed E-state index contributed by atoms with van der Waals surface area (Å²) in [6, 6.07) is 5.55. The van der Waals surface area contributed by atoms with E-state index in [4.69, 9.17) is 16.3 Å². The summed E-state index contributed by atoms with van der Waals surface area (Å²) in [7, 11) is -3.46. The third-order valence-electron chi connectivity index (χ3n) is 4.36. The number of morpholine rings is 1. The molecule has 1 fully saturated rings. The third-order valence-corrected chi connectivity index (χ3v) is 6.49. The molecule has 0 bridgehead atoms. The van der Waals surface area contributed by atoms with Crippen LogP contribution in [0.2, 0.25) is 5.02 Å². The first-order chi connectivity index (χ1) is 13.2. The molecule has 1 aliphatic rings. The van der Waals surface area contributed by atoms with Gasteiger partial charge in [0.05, 0.1) is 19.0 Å². The third kappa shape index (κ3) is 6.44. The number of hydrogen-bond acceptors (Lipinski definition) is 5. The lowest BCUT2D eigenvalue weighted by molar-refractivity contribution is -0.123. The second kappa shape index (κ2) is 10.2. The lowest BCUT2D eigenvalue weighted by Crippen LogP contribution is -2.51. The zero-order valence-electron chi connectivity index (χ0n) is 16.0. The molecule has 10 heteroatoms. The molecule has 1 unspecified atom stereocenters. The van der Waals surface area contributed by atoms with E-state index in [2.05, 4.69) is 10.6 Å². The van der Waals surface area contributed by atoms with Crippen molar-refractivity contribution < 1.29 is 22.7 Å². The molecule has 0 aromatic heterocycles. The maximum atomic E-state index is 12.5. The topological polar surface area (TPSA) is 105 Å². The highest BCUT2D eigenvalue weighted by molar-refractivity contribution is 7.89. The monoisotopic (exact) mass is 431 g/mol. The van der Waals surface area contributed by atoms with Gasteiger partial charge in [0.25, 0.3) is 5.91 Å². The van der Waals surface area contributed by atoms with E-state index in [0.29, 0.717) is 36.9 Å². The van der Waals surface area contributed by atoms with E-state index in [1.807, 2.05) is 0 Å². The van der Waals surface area contributed by atoms with E-state index in [0.717, 1.165) is 0 Å². The molecule has 1 saturated heterocycles. The van der Waals surface area contributed by atoms with Crippen molar-refractivity contribution in [3.63, 3.8) is 0 Å². The first-order valence-corrected chi connectivity index (χ1v) is 11.1. The fraction of sp³-hybridized carbons (Fsp3) is 0.556. The molecular weight excluding hydrogens is 406 g/mol. The van der Waals surface area contributed by atoms with Gasteiger partial charge in [-0.1, -0.05) is 25.4 Å². The van der Waals surface area contributed by atoms with Gasteiger partial charge in [0, 0.05) is 30.2 Å². The van der Waals surface area contributed by atoms with Crippen LogP contribution in [-0.2, 0) is 19.6 Å². The lowest BCUT2D eigenvalue weighted by atomic mass is 10.0. The second-order valence-corrected chi connectivity index (χ2v) is 9.35. The van der Waals surface area contributed by atoms with Gasteiger partial charge >= 0.3 is 0 Å². The number of ether oxygens (including phenoxy) is 1. The summed E-state index contributed by atoms with van der Waals surface area (Å²) in [6.07, 6.45) is 0. The van der Waals surface area contributed by atoms with Gasteiger partial charge in [-0.25, -0.2) is 8.42 Å². The molecule has 0 saturated carbocycles. The van der Waals surface area contributed by atoms with Crippen LogP contribution in [0.4, 0.5) is 0 Å². The van der Waals surface area contributed by atoms with Crippen molar-refractivity contribution in [2.45, 2.75) is 19.9 Å². The normalized spacial score (nSPS) is 16.6. The van der Waals surface area contributed by atoms with Crippen LogP contribution in [-0.4, -0.2) is 69.2 Å². The molecule has 2 rings (SSSR count). The van der Waals surface area contributed by atoms with Gasteiger partial charge in [-0.05, 0) is 30.2 Å². The number of amides is 2. The largest absolute Gasteiger partial charge is 0.379 e. The smallest absolute Gasteiger partial charge is 0.251 e. The van der Waals surface area contributed by atoms with Crippen LogP contribution in [0.3, 0.4) is 0 Å². The number of carbonyl (C=O) groups is 2. The van der Waals surface area contributed by atoms with Gasteiger partial charge in [0.1, 0.15) is 6.04 Å². The van der Waals surface area contributed by atoms with Crippen LogP contribution >= 0.6 is 11.6 Å². The second-order valence-electron chi connectivity index (χ2n) is 6.82. The Morgan fingerprint density at radius 1 is 1.18 bits per heavy atom. The van der Waals surface area contributed by atoms with Crippen LogP contribution in [0.5, 0.6) is 0 Å². The quantitative estimate of drug-likeness (QED) is 0.635. The van der Waals surface area contributed by atoms with E-state index in [1.165, 1.54) is 4.31 Å². The van der Waals surface area contributed by atoms with Crippen LogP contribution in [0.25, 0.3) is 0 Å². The van der Waals surface area contributed by atoms with Crippen molar-refractivity contribution in [3.8, 4) is 0 Å². The first-order valence-electron chi connectivity index (χ1n) is 9.10. The Labute approximate surface area is 170 Å². The molecule has 1 aromatic rings. The average molecular weight is 432 g/mol. The number of sulfonamides is 1. The van der Waals surface area contributed by atoms with Gasteiger partial charge in [0.2, 0.25) is 15.9 Å². The highest BCUT2D eigenvalue weighted by atomic mass is 35.5. The molecule has 8 nitrogen and oxygen atoms in total. The number of nitrogens with one attached hydrogen (secondary N) is 2. The summed E-state index contributed by atoms with van der Waals surface area (Å²) in [5.41, 5.74) is 0.387. The molecule has 0 spiro atoms. The van der Waals surface area contributed by atoms with Gasteiger partial charge in [-0.2, -0.15) is 4.31 Å². The fourth-order valence-corrected chi connectivity index (χ4v) is 4.18. The predicted molar refractivity (Wildman–Crippen MR) is 107 cm³/mol. The maximum Gasteiger partial charge on any atom is 0.251 e. The molecule has 156 valence electrons. The maximum absolute atomic E-state index is 12.5. The molecule has 2 N–H and O–H groups in total. The number of nitrogens with zero attached hydrogens (tertiary/aromatic N) is 1. The van der Waals surface area contributed by atoms with Gasteiger partial charge in [-0.3, -0.25) is 9.59 Å². The molecule has 28 heavy (non-hydrogen) atoms. The Balaban J connectivity index is 1.89. The Hall–Kier alpha value is -1.68. The summed E-state index contributed by atoms with van der Waals surface area (Å²) in [5.74, 6) is -1.19.